The van der Waals surface area contributed by atoms with Gasteiger partial charge in [-0.3, -0.25) is 0 Å². The summed E-state index contributed by atoms with van der Waals surface area (Å²) in [5.41, 5.74) is 0.735. The summed E-state index contributed by atoms with van der Waals surface area (Å²) in [6.45, 7) is 2.53. The minimum Gasteiger partial charge on any atom is -0.377 e. The molecule has 118 valence electrons. The van der Waals surface area contributed by atoms with Crippen LogP contribution in [0.3, 0.4) is 0 Å². The van der Waals surface area contributed by atoms with Gasteiger partial charge in [0.1, 0.15) is 0 Å². The van der Waals surface area contributed by atoms with E-state index in [2.05, 4.69) is 20.7 Å². The van der Waals surface area contributed by atoms with Gasteiger partial charge in [0.2, 0.25) is 10.0 Å². The number of hydrogen-bond acceptors (Lipinski definition) is 3. The van der Waals surface area contributed by atoms with E-state index in [4.69, 9.17) is 4.74 Å². The normalized spacial score (nSPS) is 17.0. The number of sulfonamides is 1. The van der Waals surface area contributed by atoms with Crippen molar-refractivity contribution in [1.82, 2.24) is 4.72 Å². The van der Waals surface area contributed by atoms with Gasteiger partial charge in [0.25, 0.3) is 0 Å². The lowest BCUT2D eigenvalue weighted by Gasteiger charge is -2.22. The van der Waals surface area contributed by atoms with E-state index in [-0.39, 0.29) is 0 Å². The maximum absolute atomic E-state index is 12.3. The molecule has 0 bridgehead atoms. The van der Waals surface area contributed by atoms with Gasteiger partial charge in [-0.1, -0.05) is 41.3 Å². The van der Waals surface area contributed by atoms with Crippen molar-refractivity contribution in [2.24, 2.45) is 0 Å². The lowest BCUT2D eigenvalue weighted by atomic mass is 9.98. The van der Waals surface area contributed by atoms with Gasteiger partial charge in [0, 0.05) is 11.0 Å². The van der Waals surface area contributed by atoms with Crippen molar-refractivity contribution in [2.45, 2.75) is 50.0 Å². The molecular formula is C15H22BrNO3S. The quantitative estimate of drug-likeness (QED) is 0.775. The van der Waals surface area contributed by atoms with Gasteiger partial charge >= 0.3 is 0 Å². The van der Waals surface area contributed by atoms with Crippen LogP contribution in [0.25, 0.3) is 0 Å². The third-order valence-corrected chi connectivity index (χ3v) is 5.84. The molecule has 0 radical (unpaired) electrons. The number of nitrogens with one attached hydrogen (secondary N) is 1. The molecule has 6 heteroatoms. The topological polar surface area (TPSA) is 55.4 Å². The van der Waals surface area contributed by atoms with Crippen LogP contribution in [0.2, 0.25) is 0 Å². The van der Waals surface area contributed by atoms with Crippen molar-refractivity contribution in [2.75, 3.05) is 13.2 Å². The van der Waals surface area contributed by atoms with E-state index >= 15 is 0 Å². The molecule has 1 N–H and O–H groups in total. The second-order valence-electron chi connectivity index (χ2n) is 5.44. The molecule has 4 nitrogen and oxygen atoms in total. The first-order chi connectivity index (χ1) is 9.99. The van der Waals surface area contributed by atoms with E-state index in [0.29, 0.717) is 24.2 Å². The zero-order valence-electron chi connectivity index (χ0n) is 12.3. The van der Waals surface area contributed by atoms with Crippen LogP contribution < -0.4 is 4.72 Å². The Morgan fingerprint density at radius 3 is 2.71 bits per heavy atom. The Hall–Kier alpha value is -0.430. The molecule has 0 unspecified atom stereocenters. The minimum atomic E-state index is -3.48. The number of benzene rings is 1. The SMILES string of the molecule is Cc1ccc(Br)cc1S(=O)(=O)NCCOC1CCCCC1. The van der Waals surface area contributed by atoms with Crippen LogP contribution in [0.1, 0.15) is 37.7 Å². The van der Waals surface area contributed by atoms with Crippen molar-refractivity contribution >= 4 is 26.0 Å². The molecule has 0 aliphatic heterocycles. The van der Waals surface area contributed by atoms with Crippen molar-refractivity contribution in [1.29, 1.82) is 0 Å². The van der Waals surface area contributed by atoms with Gasteiger partial charge in [0.15, 0.2) is 0 Å². The Labute approximate surface area is 135 Å². The Morgan fingerprint density at radius 2 is 2.00 bits per heavy atom. The van der Waals surface area contributed by atoms with Gasteiger partial charge in [-0.25, -0.2) is 13.1 Å². The van der Waals surface area contributed by atoms with E-state index in [1.54, 1.807) is 19.1 Å². The van der Waals surface area contributed by atoms with Crippen LogP contribution in [0.15, 0.2) is 27.6 Å². The molecule has 1 aromatic carbocycles. The molecule has 1 saturated carbocycles. The molecule has 1 aliphatic rings. The summed E-state index contributed by atoms with van der Waals surface area (Å²) < 4.78 is 33.6. The van der Waals surface area contributed by atoms with E-state index in [9.17, 15) is 8.42 Å². The summed E-state index contributed by atoms with van der Waals surface area (Å²) in [5.74, 6) is 0. The standard InChI is InChI=1S/C15H22BrNO3S/c1-12-7-8-13(16)11-15(12)21(18,19)17-9-10-20-14-5-3-2-4-6-14/h7-8,11,14,17H,2-6,9-10H2,1H3. The average Bonchev–Trinajstić information content (AvgIpc) is 2.47. The molecule has 0 amide bonds. The minimum absolute atomic E-state index is 0.302. The largest absolute Gasteiger partial charge is 0.377 e. The summed E-state index contributed by atoms with van der Waals surface area (Å²) in [6.07, 6.45) is 6.21. The number of ether oxygens (including phenoxy) is 1. The zero-order chi connectivity index (χ0) is 15.3. The molecule has 1 aliphatic carbocycles. The lowest BCUT2D eigenvalue weighted by molar-refractivity contribution is 0.0321. The summed E-state index contributed by atoms with van der Waals surface area (Å²) in [5, 5.41) is 0. The van der Waals surface area contributed by atoms with E-state index in [1.165, 1.54) is 19.3 Å². The van der Waals surface area contributed by atoms with Crippen LogP contribution in [-0.2, 0) is 14.8 Å². The van der Waals surface area contributed by atoms with Crippen molar-refractivity contribution in [3.05, 3.63) is 28.2 Å². The molecule has 2 rings (SSSR count). The molecule has 0 spiro atoms. The average molecular weight is 376 g/mol. The van der Waals surface area contributed by atoms with E-state index in [1.807, 2.05) is 6.07 Å². The fourth-order valence-electron chi connectivity index (χ4n) is 2.57. The monoisotopic (exact) mass is 375 g/mol. The highest BCUT2D eigenvalue weighted by molar-refractivity contribution is 9.10. The van der Waals surface area contributed by atoms with E-state index < -0.39 is 10.0 Å². The van der Waals surface area contributed by atoms with Crippen LogP contribution in [0.5, 0.6) is 0 Å². The van der Waals surface area contributed by atoms with Gasteiger partial charge in [-0.05, 0) is 37.5 Å². The molecule has 1 fully saturated rings. The van der Waals surface area contributed by atoms with Gasteiger partial charge in [0.05, 0.1) is 17.6 Å². The predicted octanol–water partition coefficient (Wildman–Crippen LogP) is 3.39. The first kappa shape index (κ1) is 16.9. The van der Waals surface area contributed by atoms with Crippen LogP contribution >= 0.6 is 15.9 Å². The highest BCUT2D eigenvalue weighted by atomic mass is 79.9. The van der Waals surface area contributed by atoms with Gasteiger partial charge in [-0.2, -0.15) is 0 Å². The Bertz CT molecular complexity index is 568. The fraction of sp³-hybridized carbons (Fsp3) is 0.600. The predicted molar refractivity (Wildman–Crippen MR) is 86.9 cm³/mol. The van der Waals surface area contributed by atoms with Crippen molar-refractivity contribution < 1.29 is 13.2 Å². The molecule has 21 heavy (non-hydrogen) atoms. The van der Waals surface area contributed by atoms with Crippen LogP contribution in [-0.4, -0.2) is 27.7 Å². The highest BCUT2D eigenvalue weighted by Gasteiger charge is 2.17. The molecule has 0 heterocycles. The van der Waals surface area contributed by atoms with Gasteiger partial charge in [-0.15, -0.1) is 0 Å². The maximum atomic E-state index is 12.3. The zero-order valence-corrected chi connectivity index (χ0v) is 14.7. The first-order valence-electron chi connectivity index (χ1n) is 7.36. The summed E-state index contributed by atoms with van der Waals surface area (Å²) in [4.78, 5) is 0.314. The highest BCUT2D eigenvalue weighted by Crippen LogP contribution is 2.21. The first-order valence-corrected chi connectivity index (χ1v) is 9.64. The number of aryl methyl sites for hydroxylation is 1. The second kappa shape index (κ2) is 7.72. The Morgan fingerprint density at radius 1 is 1.29 bits per heavy atom. The fourth-order valence-corrected chi connectivity index (χ4v) is 4.37. The molecule has 0 aromatic heterocycles. The Balaban J connectivity index is 1.85. The summed E-state index contributed by atoms with van der Waals surface area (Å²) in [7, 11) is -3.48. The molecule has 1 aromatic rings. The molecule has 0 saturated heterocycles. The van der Waals surface area contributed by atoms with Crippen molar-refractivity contribution in [3.8, 4) is 0 Å². The Kier molecular flexibility index (Phi) is 6.22. The lowest BCUT2D eigenvalue weighted by Crippen LogP contribution is -2.30. The number of halogens is 1. The van der Waals surface area contributed by atoms with Gasteiger partial charge < -0.3 is 4.74 Å². The third-order valence-electron chi connectivity index (χ3n) is 3.74. The maximum Gasteiger partial charge on any atom is 0.240 e. The number of rotatable bonds is 6. The molecular weight excluding hydrogens is 354 g/mol. The molecule has 0 atom stereocenters. The number of hydrogen-bond donors (Lipinski definition) is 1. The van der Waals surface area contributed by atoms with Crippen molar-refractivity contribution in [3.63, 3.8) is 0 Å². The third kappa shape index (κ3) is 5.06. The van der Waals surface area contributed by atoms with Crippen LogP contribution in [0.4, 0.5) is 0 Å². The summed E-state index contributed by atoms with van der Waals surface area (Å²) >= 11 is 3.31. The smallest absolute Gasteiger partial charge is 0.240 e. The van der Waals surface area contributed by atoms with E-state index in [0.717, 1.165) is 22.9 Å². The summed E-state index contributed by atoms with van der Waals surface area (Å²) in [6, 6.07) is 5.25. The van der Waals surface area contributed by atoms with Crippen LogP contribution in [0, 0.1) is 6.92 Å². The second-order valence-corrected chi connectivity index (χ2v) is 8.09.